The van der Waals surface area contributed by atoms with Gasteiger partial charge in [0.2, 0.25) is 0 Å². The average Bonchev–Trinajstić information content (AvgIpc) is 1.73. The van der Waals surface area contributed by atoms with Crippen LogP contribution in [0.3, 0.4) is 0 Å². The van der Waals surface area contributed by atoms with Crippen molar-refractivity contribution in [2.24, 2.45) is 17.8 Å². The number of hydrogen-bond donors (Lipinski definition) is 3. The van der Waals surface area contributed by atoms with Crippen LogP contribution >= 0.6 is 15.6 Å². The summed E-state index contributed by atoms with van der Waals surface area (Å²) < 4.78 is 68.4. The number of phosphoric acid groups is 2. The molecule has 5 atom stereocenters. The van der Waals surface area contributed by atoms with E-state index in [2.05, 4.69) is 72.8 Å². The molecule has 0 aliphatic carbocycles. The van der Waals surface area contributed by atoms with E-state index >= 15 is 0 Å². The van der Waals surface area contributed by atoms with Crippen molar-refractivity contribution in [3.8, 4) is 0 Å². The largest absolute Gasteiger partial charge is 0.472 e. The van der Waals surface area contributed by atoms with Gasteiger partial charge in [-0.3, -0.25) is 37.3 Å². The fourth-order valence-electron chi connectivity index (χ4n) is 10.7. The average molecular weight is 1360 g/mol. The summed E-state index contributed by atoms with van der Waals surface area (Å²) in [5.41, 5.74) is 0. The Bertz CT molecular complexity index is 1910. The maximum atomic E-state index is 13.0. The Kier molecular flexibility index (Phi) is 62.5. The van der Waals surface area contributed by atoms with Crippen LogP contribution in [0.4, 0.5) is 0 Å². The van der Waals surface area contributed by atoms with Gasteiger partial charge in [0.25, 0.3) is 0 Å². The molecule has 0 heterocycles. The zero-order valence-corrected chi connectivity index (χ0v) is 62.0. The molecular weight excluding hydrogens is 1220 g/mol. The minimum absolute atomic E-state index is 0.0844. The highest BCUT2D eigenvalue weighted by molar-refractivity contribution is 7.47. The van der Waals surface area contributed by atoms with Crippen LogP contribution in [0.15, 0.2) is 24.3 Å². The number of esters is 4. The summed E-state index contributed by atoms with van der Waals surface area (Å²) in [6.45, 7) is 11.7. The van der Waals surface area contributed by atoms with Gasteiger partial charge in [-0.2, -0.15) is 0 Å². The summed E-state index contributed by atoms with van der Waals surface area (Å²) in [4.78, 5) is 72.7. The molecule has 0 saturated carbocycles. The predicted octanol–water partition coefficient (Wildman–Crippen LogP) is 21.0. The minimum Gasteiger partial charge on any atom is -0.462 e. The van der Waals surface area contributed by atoms with Crippen molar-refractivity contribution in [1.29, 1.82) is 0 Å². The van der Waals surface area contributed by atoms with E-state index < -0.39 is 97.5 Å². The van der Waals surface area contributed by atoms with Crippen molar-refractivity contribution >= 4 is 39.5 Å². The number of ether oxygens (including phenoxy) is 4. The maximum absolute atomic E-state index is 13.0. The molecule has 0 aromatic rings. The van der Waals surface area contributed by atoms with Crippen LogP contribution in [0.2, 0.25) is 0 Å². The first-order valence-electron chi connectivity index (χ1n) is 37.7. The van der Waals surface area contributed by atoms with Gasteiger partial charge in [0.15, 0.2) is 12.2 Å². The van der Waals surface area contributed by atoms with Crippen molar-refractivity contribution in [3.63, 3.8) is 0 Å². The van der Waals surface area contributed by atoms with Gasteiger partial charge >= 0.3 is 39.5 Å². The van der Waals surface area contributed by atoms with E-state index in [0.717, 1.165) is 121 Å². The summed E-state index contributed by atoms with van der Waals surface area (Å²) in [5.74, 6) is 0.0655. The second kappa shape index (κ2) is 64.2. The fraction of sp³-hybridized carbons (Fsp3) is 0.892. The van der Waals surface area contributed by atoms with Crippen molar-refractivity contribution in [1.82, 2.24) is 0 Å². The van der Waals surface area contributed by atoms with Crippen LogP contribution in [0.1, 0.15) is 350 Å². The van der Waals surface area contributed by atoms with Crippen LogP contribution in [-0.2, 0) is 65.4 Å². The quantitative estimate of drug-likeness (QED) is 0.0169. The molecule has 0 bridgehead atoms. The molecule has 17 nitrogen and oxygen atoms in total. The van der Waals surface area contributed by atoms with Gasteiger partial charge in [-0.15, -0.1) is 0 Å². The lowest BCUT2D eigenvalue weighted by atomic mass is 10.0. The standard InChI is InChI=1S/C74H140O17P2/c1-8-9-10-11-12-13-14-15-16-19-22-29-34-43-50-57-73(78)90-69(61-84-71(76)55-48-41-33-28-25-24-27-32-39-46-53-66(4)5)63-88-92(80,81)86-59-68(75)60-87-93(82,83)89-64-70(62-85-72(77)56-49-42-37-36-40-47-54-67(6)7)91-74(79)58-51-44-35-30-23-20-17-18-21-26-31-38-45-52-65(2)3/h13-16,65-70,75H,8-12,17-64H2,1-7H3,(H,80,81)(H,82,83)/b14-13-,16-15-/t68-,69-,70-/m1/s1. The van der Waals surface area contributed by atoms with Crippen LogP contribution < -0.4 is 0 Å². The zero-order chi connectivity index (χ0) is 68.7. The van der Waals surface area contributed by atoms with E-state index in [0.29, 0.717) is 31.6 Å². The molecule has 0 aliphatic heterocycles. The number of rotatable bonds is 70. The molecule has 3 N–H and O–H groups in total. The van der Waals surface area contributed by atoms with E-state index in [-0.39, 0.29) is 25.7 Å². The number of carbonyl (C=O) groups is 4. The molecule has 0 spiro atoms. The third-order valence-corrected chi connectivity index (χ3v) is 18.4. The number of aliphatic hydroxyl groups excluding tert-OH is 1. The Morgan fingerprint density at radius 2 is 0.581 bits per heavy atom. The molecule has 0 amide bonds. The Hall–Kier alpha value is -2.46. The topological polar surface area (TPSA) is 237 Å². The van der Waals surface area contributed by atoms with Crippen molar-refractivity contribution in [2.75, 3.05) is 39.6 Å². The lowest BCUT2D eigenvalue weighted by molar-refractivity contribution is -0.161. The molecule has 93 heavy (non-hydrogen) atoms. The lowest BCUT2D eigenvalue weighted by Crippen LogP contribution is -2.30. The molecule has 0 fully saturated rings. The Morgan fingerprint density at radius 1 is 0.333 bits per heavy atom. The summed E-state index contributed by atoms with van der Waals surface area (Å²) in [6, 6.07) is 0. The predicted molar refractivity (Wildman–Crippen MR) is 377 cm³/mol. The molecule has 0 aromatic heterocycles. The Balaban J connectivity index is 5.27. The smallest absolute Gasteiger partial charge is 0.462 e. The Labute approximate surface area is 567 Å². The van der Waals surface area contributed by atoms with Crippen molar-refractivity contribution in [2.45, 2.75) is 369 Å². The summed E-state index contributed by atoms with van der Waals surface area (Å²) in [7, 11) is -9.92. The van der Waals surface area contributed by atoms with Gasteiger partial charge in [0, 0.05) is 25.7 Å². The monoisotopic (exact) mass is 1360 g/mol. The molecular formula is C74H140O17P2. The van der Waals surface area contributed by atoms with Crippen molar-refractivity contribution in [3.05, 3.63) is 24.3 Å². The molecule has 0 aliphatic rings. The maximum Gasteiger partial charge on any atom is 0.472 e. The highest BCUT2D eigenvalue weighted by Crippen LogP contribution is 2.45. The van der Waals surface area contributed by atoms with Gasteiger partial charge in [-0.05, 0) is 69.1 Å². The van der Waals surface area contributed by atoms with Crippen LogP contribution in [0.5, 0.6) is 0 Å². The first-order valence-corrected chi connectivity index (χ1v) is 40.7. The second-order valence-electron chi connectivity index (χ2n) is 27.4. The molecule has 19 heteroatoms. The molecule has 0 radical (unpaired) electrons. The van der Waals surface area contributed by atoms with E-state index in [9.17, 15) is 43.2 Å². The number of unbranched alkanes of at least 4 members (excludes halogenated alkanes) is 35. The highest BCUT2D eigenvalue weighted by Gasteiger charge is 2.30. The van der Waals surface area contributed by atoms with Crippen LogP contribution in [0, 0.1) is 17.8 Å². The summed E-state index contributed by atoms with van der Waals surface area (Å²) >= 11 is 0. The zero-order valence-electron chi connectivity index (χ0n) is 60.2. The first kappa shape index (κ1) is 90.5. The highest BCUT2D eigenvalue weighted by atomic mass is 31.2. The van der Waals surface area contributed by atoms with Gasteiger partial charge in [-0.25, -0.2) is 9.13 Å². The van der Waals surface area contributed by atoms with Crippen LogP contribution in [0.25, 0.3) is 0 Å². The lowest BCUT2D eigenvalue weighted by Gasteiger charge is -2.21. The third kappa shape index (κ3) is 67.9. The molecule has 0 rings (SSSR count). The number of carbonyl (C=O) groups excluding carboxylic acids is 4. The number of allylic oxidation sites excluding steroid dienone is 4. The van der Waals surface area contributed by atoms with Crippen molar-refractivity contribution < 1.29 is 80.2 Å². The number of aliphatic hydroxyl groups is 1. The minimum atomic E-state index is -4.96. The molecule has 2 unspecified atom stereocenters. The number of hydrogen-bond acceptors (Lipinski definition) is 15. The van der Waals surface area contributed by atoms with Gasteiger partial charge in [0.05, 0.1) is 26.4 Å². The van der Waals surface area contributed by atoms with E-state index in [4.69, 9.17) is 37.0 Å². The van der Waals surface area contributed by atoms with E-state index in [1.165, 1.54) is 141 Å². The second-order valence-corrected chi connectivity index (χ2v) is 30.3. The summed E-state index contributed by atoms with van der Waals surface area (Å²) in [5, 5.41) is 10.6. The van der Waals surface area contributed by atoms with Gasteiger partial charge < -0.3 is 33.8 Å². The summed E-state index contributed by atoms with van der Waals surface area (Å²) in [6.07, 6.45) is 52.3. The normalized spacial score (nSPS) is 14.3. The number of phosphoric ester groups is 2. The fourth-order valence-corrected chi connectivity index (χ4v) is 12.3. The SMILES string of the molecule is CCCCCC/C=C\C=C/CCCCCCCC(=O)O[C@H](COC(=O)CCCCCCCCCCCCC(C)C)COP(=O)(O)OC[C@@H](O)COP(=O)(O)OC[C@@H](COC(=O)CCCCCCCCC(C)C)OC(=O)CCCCCCCCCCCCCCCC(C)C. The third-order valence-electron chi connectivity index (χ3n) is 16.5. The molecule has 0 aromatic carbocycles. The Morgan fingerprint density at radius 3 is 0.871 bits per heavy atom. The molecule has 548 valence electrons. The molecule has 0 saturated heterocycles. The van der Waals surface area contributed by atoms with Gasteiger partial charge in [0.1, 0.15) is 19.3 Å². The first-order chi connectivity index (χ1) is 44.7. The van der Waals surface area contributed by atoms with Gasteiger partial charge in [-0.1, -0.05) is 297 Å². The van der Waals surface area contributed by atoms with E-state index in [1.54, 1.807) is 0 Å². The van der Waals surface area contributed by atoms with Crippen LogP contribution in [-0.4, -0.2) is 96.7 Å². The van der Waals surface area contributed by atoms with E-state index in [1.807, 2.05) is 0 Å².